The van der Waals surface area contributed by atoms with Gasteiger partial charge in [0.15, 0.2) is 0 Å². The Morgan fingerprint density at radius 2 is 1.17 bits per heavy atom. The Labute approximate surface area is 217 Å². The van der Waals surface area contributed by atoms with Gasteiger partial charge in [0, 0.05) is 18.1 Å². The Morgan fingerprint density at radius 1 is 0.667 bits per heavy atom. The molecule has 0 N–H and O–H groups in total. The molecule has 1 aromatic heterocycles. The zero-order chi connectivity index (χ0) is 24.5. The molecule has 3 nitrogen and oxygen atoms in total. The number of hydrogen-bond donors (Lipinski definition) is 0. The van der Waals surface area contributed by atoms with Gasteiger partial charge >= 0.3 is 0 Å². The fourth-order valence-corrected chi connectivity index (χ4v) is 6.17. The largest absolute Gasteiger partial charge is 0.375 e. The Hall–Kier alpha value is -3.60. The van der Waals surface area contributed by atoms with Crippen LogP contribution < -0.4 is 0 Å². The van der Waals surface area contributed by atoms with E-state index in [9.17, 15) is 0 Å². The van der Waals surface area contributed by atoms with Crippen LogP contribution in [-0.4, -0.2) is 22.1 Å². The van der Waals surface area contributed by atoms with Crippen molar-refractivity contribution in [3.63, 3.8) is 0 Å². The lowest BCUT2D eigenvalue weighted by atomic mass is 9.84. The first kappa shape index (κ1) is 24.1. The van der Waals surface area contributed by atoms with E-state index in [1.54, 1.807) is 0 Å². The molecule has 0 amide bonds. The summed E-state index contributed by atoms with van der Waals surface area (Å²) in [5.41, 5.74) is 4.96. The maximum absolute atomic E-state index is 6.21. The van der Waals surface area contributed by atoms with Crippen LogP contribution in [0.1, 0.15) is 28.3 Å². The summed E-state index contributed by atoms with van der Waals surface area (Å²) < 4.78 is 7.88. The fraction of sp³-hybridized carbons (Fsp3) is 0.156. The Kier molecular flexibility index (Phi) is 7.96. The van der Waals surface area contributed by atoms with Crippen molar-refractivity contribution in [2.75, 3.05) is 12.4 Å². The molecule has 5 aromatic rings. The van der Waals surface area contributed by atoms with E-state index in [0.29, 0.717) is 13.2 Å². The molecule has 1 unspecified atom stereocenters. The number of rotatable bonds is 11. The van der Waals surface area contributed by atoms with Gasteiger partial charge in [-0.3, -0.25) is 4.68 Å². The molecule has 1 atom stereocenters. The summed E-state index contributed by atoms with van der Waals surface area (Å²) in [7, 11) is 0. The summed E-state index contributed by atoms with van der Waals surface area (Å²) in [6, 6.07) is 44.8. The average molecular weight is 491 g/mol. The van der Waals surface area contributed by atoms with Gasteiger partial charge in [0.2, 0.25) is 0 Å². The lowest BCUT2D eigenvalue weighted by molar-refractivity contribution is 0.0927. The highest BCUT2D eigenvalue weighted by Crippen LogP contribution is 2.49. The average Bonchev–Trinajstić information content (AvgIpc) is 3.50. The zero-order valence-corrected chi connectivity index (χ0v) is 21.0. The van der Waals surface area contributed by atoms with Gasteiger partial charge in [-0.25, -0.2) is 0 Å². The van der Waals surface area contributed by atoms with E-state index in [1.165, 1.54) is 22.3 Å². The summed E-state index contributed by atoms with van der Waals surface area (Å²) in [5.74, 6) is 0.829. The maximum atomic E-state index is 6.21. The molecule has 180 valence electrons. The second-order valence-corrected chi connectivity index (χ2v) is 9.97. The van der Waals surface area contributed by atoms with E-state index >= 15 is 0 Å². The van der Waals surface area contributed by atoms with Crippen molar-refractivity contribution in [1.29, 1.82) is 0 Å². The molecule has 0 saturated carbocycles. The van der Waals surface area contributed by atoms with Crippen molar-refractivity contribution in [3.8, 4) is 0 Å². The first-order chi connectivity index (χ1) is 17.9. The molecule has 0 fully saturated rings. The summed E-state index contributed by atoms with van der Waals surface area (Å²) in [4.78, 5) is 0. The van der Waals surface area contributed by atoms with Crippen LogP contribution in [0, 0.1) is 0 Å². The third-order valence-electron chi connectivity index (χ3n) is 6.35. The third-order valence-corrected chi connectivity index (χ3v) is 8.05. The van der Waals surface area contributed by atoms with E-state index in [4.69, 9.17) is 4.74 Å². The number of aromatic nitrogens is 2. The molecule has 5 rings (SSSR count). The van der Waals surface area contributed by atoms with Crippen LogP contribution >= 0.6 is 11.8 Å². The smallest absolute Gasteiger partial charge is 0.0907 e. The van der Waals surface area contributed by atoms with E-state index in [2.05, 4.69) is 108 Å². The normalized spacial score (nSPS) is 12.3. The minimum Gasteiger partial charge on any atom is -0.375 e. The fourth-order valence-electron chi connectivity index (χ4n) is 4.57. The molecular formula is C32H30N2OS. The summed E-state index contributed by atoms with van der Waals surface area (Å²) in [5, 5.41) is 4.58. The van der Waals surface area contributed by atoms with Crippen LogP contribution in [0.4, 0.5) is 0 Å². The van der Waals surface area contributed by atoms with E-state index in [1.807, 2.05) is 53.1 Å². The predicted octanol–water partition coefficient (Wildman–Crippen LogP) is 7.37. The van der Waals surface area contributed by atoms with Crippen LogP contribution in [0.15, 0.2) is 140 Å². The highest BCUT2D eigenvalue weighted by molar-refractivity contribution is 8.00. The lowest BCUT2D eigenvalue weighted by Crippen LogP contribution is -2.29. The highest BCUT2D eigenvalue weighted by atomic mass is 32.2. The molecule has 0 bridgehead atoms. The lowest BCUT2D eigenvalue weighted by Gasteiger charge is -2.36. The highest BCUT2D eigenvalue weighted by Gasteiger charge is 2.37. The van der Waals surface area contributed by atoms with Crippen LogP contribution in [0.5, 0.6) is 0 Å². The molecule has 4 heteroatoms. The summed E-state index contributed by atoms with van der Waals surface area (Å²) in [6.07, 6.45) is 3.88. The first-order valence-corrected chi connectivity index (χ1v) is 13.3. The Bertz CT molecular complexity index is 1200. The molecule has 1 heterocycles. The second-order valence-electron chi connectivity index (χ2n) is 8.73. The number of thioether (sulfide) groups is 1. The molecule has 0 aliphatic rings. The molecule has 36 heavy (non-hydrogen) atoms. The van der Waals surface area contributed by atoms with Crippen molar-refractivity contribution in [1.82, 2.24) is 9.78 Å². The van der Waals surface area contributed by atoms with Crippen molar-refractivity contribution in [2.45, 2.75) is 17.4 Å². The SMILES string of the molecule is c1ccc(COCC(CSC(c2ccccc2)(c2ccccc2)c2ccccc2)n2cccn2)cc1. The van der Waals surface area contributed by atoms with Gasteiger partial charge in [0.1, 0.15) is 0 Å². The topological polar surface area (TPSA) is 27.1 Å². The van der Waals surface area contributed by atoms with Gasteiger partial charge in [-0.1, -0.05) is 121 Å². The van der Waals surface area contributed by atoms with Crippen LogP contribution in [0.3, 0.4) is 0 Å². The molecule has 0 aliphatic heterocycles. The number of hydrogen-bond acceptors (Lipinski definition) is 3. The molecule has 0 saturated heterocycles. The number of benzene rings is 4. The molecular weight excluding hydrogens is 460 g/mol. The summed E-state index contributed by atoms with van der Waals surface area (Å²) in [6.45, 7) is 1.17. The van der Waals surface area contributed by atoms with Crippen LogP contribution in [0.25, 0.3) is 0 Å². The van der Waals surface area contributed by atoms with Crippen molar-refractivity contribution < 1.29 is 4.74 Å². The van der Waals surface area contributed by atoms with Crippen LogP contribution in [0.2, 0.25) is 0 Å². The molecule has 0 radical (unpaired) electrons. The van der Waals surface area contributed by atoms with Gasteiger partial charge in [-0.05, 0) is 28.3 Å². The van der Waals surface area contributed by atoms with Gasteiger partial charge in [-0.15, -0.1) is 11.8 Å². The number of ether oxygens (including phenoxy) is 1. The van der Waals surface area contributed by atoms with Gasteiger partial charge < -0.3 is 4.74 Å². The quantitative estimate of drug-likeness (QED) is 0.181. The maximum Gasteiger partial charge on any atom is 0.0907 e. The van der Waals surface area contributed by atoms with Gasteiger partial charge in [-0.2, -0.15) is 5.10 Å². The van der Waals surface area contributed by atoms with Crippen molar-refractivity contribution >= 4 is 11.8 Å². The third kappa shape index (κ3) is 5.46. The monoisotopic (exact) mass is 490 g/mol. The molecule has 0 aliphatic carbocycles. The van der Waals surface area contributed by atoms with E-state index in [-0.39, 0.29) is 10.8 Å². The Balaban J connectivity index is 1.48. The molecule has 4 aromatic carbocycles. The minimum absolute atomic E-state index is 0.0872. The van der Waals surface area contributed by atoms with E-state index < -0.39 is 0 Å². The minimum atomic E-state index is -0.366. The summed E-state index contributed by atoms with van der Waals surface area (Å²) >= 11 is 1.94. The standard InChI is InChI=1S/C32H30N2OS/c1-5-14-27(15-6-1)24-35-25-31(34-23-13-22-33-34)26-36-32(28-16-7-2-8-17-28,29-18-9-3-10-19-29)30-20-11-4-12-21-30/h1-23,31H,24-26H2. The Morgan fingerprint density at radius 3 is 1.64 bits per heavy atom. The molecule has 0 spiro atoms. The predicted molar refractivity (Wildman–Crippen MR) is 149 cm³/mol. The van der Waals surface area contributed by atoms with Crippen molar-refractivity contribution in [3.05, 3.63) is 162 Å². The first-order valence-electron chi connectivity index (χ1n) is 12.3. The van der Waals surface area contributed by atoms with E-state index in [0.717, 1.165) is 5.75 Å². The number of nitrogens with zero attached hydrogens (tertiary/aromatic N) is 2. The zero-order valence-electron chi connectivity index (χ0n) is 20.2. The van der Waals surface area contributed by atoms with Crippen LogP contribution in [-0.2, 0) is 16.1 Å². The van der Waals surface area contributed by atoms with Gasteiger partial charge in [0.25, 0.3) is 0 Å². The van der Waals surface area contributed by atoms with Gasteiger partial charge in [0.05, 0.1) is 24.0 Å². The second kappa shape index (κ2) is 11.9. The van der Waals surface area contributed by atoms with Crippen molar-refractivity contribution in [2.24, 2.45) is 0 Å².